The Morgan fingerprint density at radius 1 is 1.37 bits per heavy atom. The molecule has 0 bridgehead atoms. The minimum Gasteiger partial charge on any atom is -0.489 e. The van der Waals surface area contributed by atoms with Crippen LogP contribution >= 0.6 is 0 Å². The van der Waals surface area contributed by atoms with Gasteiger partial charge >= 0.3 is 0 Å². The Labute approximate surface area is 114 Å². The lowest BCUT2D eigenvalue weighted by Crippen LogP contribution is -2.51. The number of nitrogens with one attached hydrogen (secondary N) is 1. The van der Waals surface area contributed by atoms with Crippen molar-refractivity contribution >= 4 is 0 Å². The summed E-state index contributed by atoms with van der Waals surface area (Å²) in [6, 6.07) is 9.97. The monoisotopic (exact) mass is 260 g/mol. The van der Waals surface area contributed by atoms with Gasteiger partial charge in [-0.05, 0) is 24.3 Å². The second kappa shape index (κ2) is 6.55. The second-order valence-electron chi connectivity index (χ2n) is 5.08. The molecule has 1 heterocycles. The van der Waals surface area contributed by atoms with E-state index in [1.165, 1.54) is 0 Å². The maximum absolute atomic E-state index is 8.77. The molecule has 0 saturated carbocycles. The molecule has 1 aliphatic rings. The SMILES string of the molecule is CC(C)N[C@@H]1COCC[C@H]1Oc1ccc(C#N)cc1. The highest BCUT2D eigenvalue weighted by Crippen LogP contribution is 2.19. The molecule has 0 radical (unpaired) electrons. The van der Waals surface area contributed by atoms with E-state index in [0.29, 0.717) is 18.2 Å². The van der Waals surface area contributed by atoms with E-state index in [1.807, 2.05) is 12.1 Å². The Morgan fingerprint density at radius 3 is 2.74 bits per heavy atom. The van der Waals surface area contributed by atoms with Crippen molar-refractivity contribution in [2.45, 2.75) is 38.5 Å². The number of hydrogen-bond donors (Lipinski definition) is 1. The summed E-state index contributed by atoms with van der Waals surface area (Å²) >= 11 is 0. The summed E-state index contributed by atoms with van der Waals surface area (Å²) < 4.78 is 11.5. The first-order valence-electron chi connectivity index (χ1n) is 6.69. The number of hydrogen-bond acceptors (Lipinski definition) is 4. The van der Waals surface area contributed by atoms with Gasteiger partial charge in [0.1, 0.15) is 11.9 Å². The van der Waals surface area contributed by atoms with Crippen molar-refractivity contribution in [2.75, 3.05) is 13.2 Å². The Morgan fingerprint density at radius 2 is 2.11 bits per heavy atom. The molecule has 1 aromatic rings. The van der Waals surface area contributed by atoms with Crippen LogP contribution in [0.25, 0.3) is 0 Å². The molecule has 0 aromatic heterocycles. The Balaban J connectivity index is 2.00. The zero-order valence-corrected chi connectivity index (χ0v) is 11.4. The van der Waals surface area contributed by atoms with Crippen molar-refractivity contribution in [1.82, 2.24) is 5.32 Å². The highest BCUT2D eigenvalue weighted by atomic mass is 16.5. The standard InChI is InChI=1S/C15H20N2O2/c1-11(2)17-14-10-18-8-7-15(14)19-13-5-3-12(9-16)4-6-13/h3-6,11,14-15,17H,7-8,10H2,1-2H3/t14-,15-/m1/s1. The fourth-order valence-electron chi connectivity index (χ4n) is 2.23. The normalized spacial score (nSPS) is 23.1. The molecule has 2 rings (SSSR count). The number of nitrogens with zero attached hydrogens (tertiary/aromatic N) is 1. The number of ether oxygens (including phenoxy) is 2. The van der Waals surface area contributed by atoms with Crippen molar-refractivity contribution in [3.05, 3.63) is 29.8 Å². The Hall–Kier alpha value is -1.57. The Kier molecular flexibility index (Phi) is 4.78. The molecule has 4 nitrogen and oxygen atoms in total. The average Bonchev–Trinajstić information content (AvgIpc) is 2.41. The van der Waals surface area contributed by atoms with Gasteiger partial charge in [0.05, 0.1) is 30.9 Å². The highest BCUT2D eigenvalue weighted by molar-refractivity contribution is 5.34. The lowest BCUT2D eigenvalue weighted by atomic mass is 10.1. The second-order valence-corrected chi connectivity index (χ2v) is 5.08. The minimum atomic E-state index is 0.115. The van der Waals surface area contributed by atoms with E-state index in [0.717, 1.165) is 18.8 Å². The number of rotatable bonds is 4. The van der Waals surface area contributed by atoms with Gasteiger partial charge in [-0.3, -0.25) is 0 Å². The van der Waals surface area contributed by atoms with Gasteiger partial charge < -0.3 is 14.8 Å². The molecule has 1 saturated heterocycles. The van der Waals surface area contributed by atoms with E-state index in [9.17, 15) is 0 Å². The molecule has 19 heavy (non-hydrogen) atoms. The molecule has 0 spiro atoms. The van der Waals surface area contributed by atoms with Gasteiger partial charge in [-0.1, -0.05) is 13.8 Å². The summed E-state index contributed by atoms with van der Waals surface area (Å²) in [7, 11) is 0. The van der Waals surface area contributed by atoms with Crippen molar-refractivity contribution in [1.29, 1.82) is 5.26 Å². The number of benzene rings is 1. The third-order valence-corrected chi connectivity index (χ3v) is 3.11. The molecule has 0 aliphatic carbocycles. The van der Waals surface area contributed by atoms with Gasteiger partial charge in [0.15, 0.2) is 0 Å². The zero-order chi connectivity index (χ0) is 13.7. The van der Waals surface area contributed by atoms with E-state index >= 15 is 0 Å². The van der Waals surface area contributed by atoms with Gasteiger partial charge in [0.2, 0.25) is 0 Å². The third-order valence-electron chi connectivity index (χ3n) is 3.11. The molecular formula is C15H20N2O2. The van der Waals surface area contributed by atoms with E-state index in [2.05, 4.69) is 25.2 Å². The van der Waals surface area contributed by atoms with Gasteiger partial charge in [-0.25, -0.2) is 0 Å². The van der Waals surface area contributed by atoms with Gasteiger partial charge in [0, 0.05) is 12.5 Å². The van der Waals surface area contributed by atoms with Crippen LogP contribution in [0.15, 0.2) is 24.3 Å². The summed E-state index contributed by atoms with van der Waals surface area (Å²) in [6.45, 7) is 5.65. The third kappa shape index (κ3) is 3.95. The highest BCUT2D eigenvalue weighted by Gasteiger charge is 2.27. The largest absolute Gasteiger partial charge is 0.489 e. The first-order chi connectivity index (χ1) is 9.19. The van der Waals surface area contributed by atoms with Crippen LogP contribution in [0, 0.1) is 11.3 Å². The molecule has 1 N–H and O–H groups in total. The summed E-state index contributed by atoms with van der Waals surface area (Å²) in [6.07, 6.45) is 0.994. The van der Waals surface area contributed by atoms with Crippen LogP contribution in [0.5, 0.6) is 5.75 Å². The predicted molar refractivity (Wildman–Crippen MR) is 73.1 cm³/mol. The maximum atomic E-state index is 8.77. The smallest absolute Gasteiger partial charge is 0.119 e. The van der Waals surface area contributed by atoms with Gasteiger partial charge in [-0.2, -0.15) is 5.26 Å². The van der Waals surface area contributed by atoms with Crippen LogP contribution in [0.3, 0.4) is 0 Å². The van der Waals surface area contributed by atoms with E-state index in [4.69, 9.17) is 14.7 Å². The maximum Gasteiger partial charge on any atom is 0.119 e. The van der Waals surface area contributed by atoms with E-state index in [1.54, 1.807) is 12.1 Å². The van der Waals surface area contributed by atoms with Crippen molar-refractivity contribution in [2.24, 2.45) is 0 Å². The molecule has 2 atom stereocenters. The van der Waals surface area contributed by atoms with Gasteiger partial charge in [0.25, 0.3) is 0 Å². The van der Waals surface area contributed by atoms with Crippen LogP contribution in [0.2, 0.25) is 0 Å². The van der Waals surface area contributed by atoms with Crippen LogP contribution in [0.1, 0.15) is 25.8 Å². The summed E-state index contributed by atoms with van der Waals surface area (Å²) in [5.74, 6) is 0.807. The summed E-state index contributed by atoms with van der Waals surface area (Å²) in [5.41, 5.74) is 0.649. The average molecular weight is 260 g/mol. The molecule has 4 heteroatoms. The fourth-order valence-corrected chi connectivity index (χ4v) is 2.23. The van der Waals surface area contributed by atoms with E-state index in [-0.39, 0.29) is 12.1 Å². The van der Waals surface area contributed by atoms with Crippen LogP contribution in [0.4, 0.5) is 0 Å². The lowest BCUT2D eigenvalue weighted by Gasteiger charge is -2.33. The van der Waals surface area contributed by atoms with Gasteiger partial charge in [-0.15, -0.1) is 0 Å². The number of nitriles is 1. The van der Waals surface area contributed by atoms with Crippen molar-refractivity contribution in [3.63, 3.8) is 0 Å². The molecule has 102 valence electrons. The molecule has 1 aromatic carbocycles. The van der Waals surface area contributed by atoms with Crippen molar-refractivity contribution < 1.29 is 9.47 Å². The quantitative estimate of drug-likeness (QED) is 0.900. The molecule has 1 fully saturated rings. The van der Waals surface area contributed by atoms with Crippen LogP contribution in [-0.2, 0) is 4.74 Å². The first kappa shape index (κ1) is 13.9. The van der Waals surface area contributed by atoms with Crippen LogP contribution < -0.4 is 10.1 Å². The predicted octanol–water partition coefficient (Wildman–Crippen LogP) is 2.09. The molecule has 1 aliphatic heterocycles. The molecule has 0 unspecified atom stereocenters. The topological polar surface area (TPSA) is 54.3 Å². The summed E-state index contributed by atoms with van der Waals surface area (Å²) in [4.78, 5) is 0. The lowest BCUT2D eigenvalue weighted by molar-refractivity contribution is -0.00632. The first-order valence-corrected chi connectivity index (χ1v) is 6.69. The zero-order valence-electron chi connectivity index (χ0n) is 11.4. The minimum absolute atomic E-state index is 0.115. The molecule has 0 amide bonds. The molecular weight excluding hydrogens is 240 g/mol. The van der Waals surface area contributed by atoms with Crippen LogP contribution in [-0.4, -0.2) is 31.4 Å². The van der Waals surface area contributed by atoms with E-state index < -0.39 is 0 Å². The Bertz CT molecular complexity index is 436. The summed E-state index contributed by atoms with van der Waals surface area (Å²) in [5, 5.41) is 12.2. The van der Waals surface area contributed by atoms with Crippen molar-refractivity contribution in [3.8, 4) is 11.8 Å². The fraction of sp³-hybridized carbons (Fsp3) is 0.533.